The predicted molar refractivity (Wildman–Crippen MR) is 82.0 cm³/mol. The van der Waals surface area contributed by atoms with Gasteiger partial charge in [-0.05, 0) is 42.3 Å². The first kappa shape index (κ1) is 15.5. The van der Waals surface area contributed by atoms with Crippen LogP contribution in [0.4, 0.5) is 0 Å². The van der Waals surface area contributed by atoms with E-state index in [-0.39, 0.29) is 11.2 Å². The second-order valence-electron chi connectivity index (χ2n) is 6.24. The molecule has 20 heavy (non-hydrogen) atoms. The Morgan fingerprint density at radius 2 is 2.05 bits per heavy atom. The van der Waals surface area contributed by atoms with E-state index in [2.05, 4.69) is 43.4 Å². The van der Waals surface area contributed by atoms with Gasteiger partial charge < -0.3 is 5.32 Å². The van der Waals surface area contributed by atoms with Crippen LogP contribution in [0.2, 0.25) is 0 Å². The molecule has 112 valence electrons. The molecule has 0 amide bonds. The van der Waals surface area contributed by atoms with Gasteiger partial charge in [-0.1, -0.05) is 38.1 Å². The first-order chi connectivity index (χ1) is 9.30. The first-order valence-corrected chi connectivity index (χ1v) is 8.84. The minimum absolute atomic E-state index is 0.0415. The van der Waals surface area contributed by atoms with Crippen molar-refractivity contribution < 1.29 is 8.42 Å². The van der Waals surface area contributed by atoms with Crippen LogP contribution in [-0.2, 0) is 15.4 Å². The molecule has 1 aliphatic rings. The molecule has 5 heteroatoms. The molecule has 0 aliphatic heterocycles. The maximum absolute atomic E-state index is 10.9. The van der Waals surface area contributed by atoms with Crippen molar-refractivity contribution in [1.29, 1.82) is 0 Å². The smallest absolute Gasteiger partial charge is 0.209 e. The molecule has 0 heterocycles. The molecule has 0 radical (unpaired) electrons. The van der Waals surface area contributed by atoms with E-state index in [9.17, 15) is 8.42 Å². The molecule has 4 nitrogen and oxygen atoms in total. The van der Waals surface area contributed by atoms with Crippen LogP contribution in [0.1, 0.15) is 50.3 Å². The molecule has 2 rings (SSSR count). The lowest BCUT2D eigenvalue weighted by Crippen LogP contribution is -2.33. The van der Waals surface area contributed by atoms with E-state index in [1.807, 2.05) is 0 Å². The molecular weight excluding hydrogens is 272 g/mol. The first-order valence-electron chi connectivity index (χ1n) is 7.13. The lowest BCUT2D eigenvalue weighted by atomic mass is 9.71. The van der Waals surface area contributed by atoms with E-state index in [4.69, 9.17) is 5.14 Å². The highest BCUT2D eigenvalue weighted by Gasteiger charge is 2.31. The van der Waals surface area contributed by atoms with Gasteiger partial charge in [-0.2, -0.15) is 0 Å². The molecule has 0 spiro atoms. The van der Waals surface area contributed by atoms with Gasteiger partial charge in [0.2, 0.25) is 10.0 Å². The molecule has 0 fully saturated rings. The Morgan fingerprint density at radius 1 is 1.35 bits per heavy atom. The van der Waals surface area contributed by atoms with Crippen LogP contribution in [0, 0.1) is 0 Å². The highest BCUT2D eigenvalue weighted by Crippen LogP contribution is 2.41. The Hall–Kier alpha value is -0.910. The summed E-state index contributed by atoms with van der Waals surface area (Å²) in [6, 6.07) is 8.85. The molecule has 1 aromatic carbocycles. The number of primary sulfonamides is 1. The second kappa shape index (κ2) is 5.84. The molecule has 0 bridgehead atoms. The normalized spacial score (nSPS) is 21.4. The average molecular weight is 296 g/mol. The number of rotatable bonds is 5. The third-order valence-corrected chi connectivity index (χ3v) is 4.98. The van der Waals surface area contributed by atoms with Crippen LogP contribution in [0.3, 0.4) is 0 Å². The topological polar surface area (TPSA) is 72.2 Å². The summed E-state index contributed by atoms with van der Waals surface area (Å²) in [7, 11) is -3.35. The van der Waals surface area contributed by atoms with Crippen molar-refractivity contribution in [3.8, 4) is 0 Å². The van der Waals surface area contributed by atoms with Crippen LogP contribution in [0.5, 0.6) is 0 Å². The number of sulfonamides is 1. The van der Waals surface area contributed by atoms with Crippen molar-refractivity contribution >= 4 is 10.0 Å². The highest BCUT2D eigenvalue weighted by atomic mass is 32.2. The van der Waals surface area contributed by atoms with Crippen LogP contribution < -0.4 is 10.5 Å². The fraction of sp³-hybridized carbons (Fsp3) is 0.600. The van der Waals surface area contributed by atoms with Crippen molar-refractivity contribution in [2.45, 2.75) is 44.6 Å². The van der Waals surface area contributed by atoms with Crippen LogP contribution in [-0.4, -0.2) is 20.7 Å². The Morgan fingerprint density at radius 3 is 2.75 bits per heavy atom. The van der Waals surface area contributed by atoms with Gasteiger partial charge in [0.15, 0.2) is 0 Å². The van der Waals surface area contributed by atoms with Gasteiger partial charge in [0.25, 0.3) is 0 Å². The van der Waals surface area contributed by atoms with Gasteiger partial charge in [0, 0.05) is 6.04 Å². The maximum Gasteiger partial charge on any atom is 0.209 e. The third kappa shape index (κ3) is 3.81. The lowest BCUT2D eigenvalue weighted by Gasteiger charge is -2.37. The zero-order chi connectivity index (χ0) is 14.8. The van der Waals surface area contributed by atoms with Crippen LogP contribution in [0.15, 0.2) is 24.3 Å². The van der Waals surface area contributed by atoms with E-state index in [1.54, 1.807) is 0 Å². The Kier molecular flexibility index (Phi) is 4.52. The molecule has 0 aromatic heterocycles. The largest absolute Gasteiger partial charge is 0.310 e. The number of benzene rings is 1. The van der Waals surface area contributed by atoms with E-state index in [1.165, 1.54) is 11.1 Å². The summed E-state index contributed by atoms with van der Waals surface area (Å²) in [5, 5.41) is 8.48. The second-order valence-corrected chi connectivity index (χ2v) is 7.97. The molecule has 0 saturated heterocycles. The molecule has 3 N–H and O–H groups in total. The van der Waals surface area contributed by atoms with Gasteiger partial charge >= 0.3 is 0 Å². The standard InChI is InChI=1S/C15H24N2O2S/c1-15(2)9-8-14(12-6-3-4-7-13(12)15)17-10-5-11-20(16,18)19/h3-4,6-7,14,17H,5,8-11H2,1-2H3,(H2,16,18,19). The van der Waals surface area contributed by atoms with Crippen molar-refractivity contribution in [2.75, 3.05) is 12.3 Å². The quantitative estimate of drug-likeness (QED) is 0.817. The monoisotopic (exact) mass is 296 g/mol. The number of hydrogen-bond donors (Lipinski definition) is 2. The molecular formula is C15H24N2O2S. The van der Waals surface area contributed by atoms with Crippen LogP contribution in [0.25, 0.3) is 0 Å². The number of nitrogens with two attached hydrogens (primary N) is 1. The number of hydrogen-bond acceptors (Lipinski definition) is 3. The van der Waals surface area contributed by atoms with E-state index < -0.39 is 10.0 Å². The van der Waals surface area contributed by atoms with Crippen molar-refractivity contribution in [3.63, 3.8) is 0 Å². The summed E-state index contributed by atoms with van der Waals surface area (Å²) < 4.78 is 21.8. The highest BCUT2D eigenvalue weighted by molar-refractivity contribution is 7.89. The predicted octanol–water partition coefficient (Wildman–Crippen LogP) is 2.07. The maximum atomic E-state index is 10.9. The molecule has 0 saturated carbocycles. The summed E-state index contributed by atoms with van der Waals surface area (Å²) in [6.45, 7) is 5.24. The van der Waals surface area contributed by atoms with Gasteiger partial charge in [0.1, 0.15) is 0 Å². The molecule has 1 atom stereocenters. The summed E-state index contributed by atoms with van der Waals surface area (Å²) in [6.07, 6.45) is 2.77. The van der Waals surface area contributed by atoms with Crippen molar-refractivity contribution in [3.05, 3.63) is 35.4 Å². The Labute approximate surface area is 121 Å². The third-order valence-electron chi connectivity index (χ3n) is 4.12. The fourth-order valence-electron chi connectivity index (χ4n) is 2.97. The van der Waals surface area contributed by atoms with Crippen LogP contribution >= 0.6 is 0 Å². The molecule has 1 aliphatic carbocycles. The minimum Gasteiger partial charge on any atom is -0.310 e. The number of nitrogens with one attached hydrogen (secondary N) is 1. The summed E-state index contributed by atoms with van der Waals surface area (Å²) in [4.78, 5) is 0. The zero-order valence-electron chi connectivity index (χ0n) is 12.2. The average Bonchev–Trinajstić information content (AvgIpc) is 2.36. The lowest BCUT2D eigenvalue weighted by molar-refractivity contribution is 0.359. The Bertz CT molecular complexity index is 567. The van der Waals surface area contributed by atoms with E-state index in [0.717, 1.165) is 12.8 Å². The summed E-state index contributed by atoms with van der Waals surface area (Å²) in [5.74, 6) is 0.0415. The van der Waals surface area contributed by atoms with Gasteiger partial charge in [-0.25, -0.2) is 13.6 Å². The van der Waals surface area contributed by atoms with Gasteiger partial charge in [0.05, 0.1) is 5.75 Å². The summed E-state index contributed by atoms with van der Waals surface area (Å²) in [5.41, 5.74) is 2.96. The van der Waals surface area contributed by atoms with Crippen molar-refractivity contribution in [1.82, 2.24) is 5.32 Å². The Balaban J connectivity index is 2.01. The fourth-order valence-corrected chi connectivity index (χ4v) is 3.52. The molecule has 1 unspecified atom stereocenters. The molecule has 1 aromatic rings. The van der Waals surface area contributed by atoms with Gasteiger partial charge in [-0.15, -0.1) is 0 Å². The van der Waals surface area contributed by atoms with Gasteiger partial charge in [-0.3, -0.25) is 0 Å². The number of fused-ring (bicyclic) bond motifs is 1. The van der Waals surface area contributed by atoms with E-state index >= 15 is 0 Å². The minimum atomic E-state index is -3.35. The zero-order valence-corrected chi connectivity index (χ0v) is 13.0. The summed E-state index contributed by atoms with van der Waals surface area (Å²) >= 11 is 0. The van der Waals surface area contributed by atoms with Crippen molar-refractivity contribution in [2.24, 2.45) is 5.14 Å². The SMILES string of the molecule is CC1(C)CCC(NCCCS(N)(=O)=O)c2ccccc21. The van der Waals surface area contributed by atoms with E-state index in [0.29, 0.717) is 19.0 Å².